The van der Waals surface area contributed by atoms with Crippen LogP contribution < -0.4 is 0 Å². The fraction of sp³-hybridized carbons (Fsp3) is 0.529. The maximum absolute atomic E-state index is 14.7. The van der Waals surface area contributed by atoms with E-state index in [0.29, 0.717) is 24.2 Å². The largest absolute Gasteiger partial charge is 0.271 e. The van der Waals surface area contributed by atoms with Crippen LogP contribution in [-0.4, -0.2) is 29.2 Å². The number of benzene rings is 1. The third-order valence-corrected chi connectivity index (χ3v) is 4.66. The molecular weight excluding hydrogens is 288 g/mol. The van der Waals surface area contributed by atoms with Gasteiger partial charge in [0.05, 0.1) is 17.7 Å². The Morgan fingerprint density at radius 3 is 2.05 bits per heavy atom. The number of carbonyl (C=O) groups excluding carboxylic acids is 2. The van der Waals surface area contributed by atoms with E-state index in [2.05, 4.69) is 0 Å². The van der Waals surface area contributed by atoms with Gasteiger partial charge in [0.2, 0.25) is 0 Å². The van der Waals surface area contributed by atoms with Crippen molar-refractivity contribution in [1.29, 1.82) is 0 Å². The Morgan fingerprint density at radius 2 is 1.64 bits per heavy atom. The number of imide groups is 1. The van der Waals surface area contributed by atoms with Gasteiger partial charge >= 0.3 is 0 Å². The maximum Gasteiger partial charge on any atom is 0.271 e. The number of carbonyl (C=O) groups is 2. The Kier molecular flexibility index (Phi) is 3.34. The highest BCUT2D eigenvalue weighted by molar-refractivity contribution is 6.21. The summed E-state index contributed by atoms with van der Waals surface area (Å²) in [5.41, 5.74) is -0.606. The number of alkyl halides is 2. The van der Waals surface area contributed by atoms with Crippen LogP contribution in [0.3, 0.4) is 0 Å². The summed E-state index contributed by atoms with van der Waals surface area (Å²) in [4.78, 5) is 25.2. The Bertz CT molecular complexity index is 600. The first kappa shape index (κ1) is 15.1. The third kappa shape index (κ3) is 2.23. The van der Waals surface area contributed by atoms with Crippen LogP contribution in [0.5, 0.6) is 0 Å². The Hall–Kier alpha value is -1.78. The van der Waals surface area contributed by atoms with Gasteiger partial charge in [-0.15, -0.1) is 0 Å². The molecule has 1 fully saturated rings. The Labute approximate surface area is 128 Å². The smallest absolute Gasteiger partial charge is 0.269 e. The van der Waals surface area contributed by atoms with Crippen molar-refractivity contribution in [2.45, 2.75) is 39.0 Å². The van der Waals surface area contributed by atoms with E-state index in [-0.39, 0.29) is 17.0 Å². The molecule has 2 amide bonds. The molecule has 1 heterocycles. The summed E-state index contributed by atoms with van der Waals surface area (Å²) in [6.07, 6.45) is 1.34. The summed E-state index contributed by atoms with van der Waals surface area (Å²) in [6.45, 7) is 3.02. The van der Waals surface area contributed by atoms with Crippen LogP contribution in [0.25, 0.3) is 0 Å². The summed E-state index contributed by atoms with van der Waals surface area (Å²) >= 11 is 0. The van der Waals surface area contributed by atoms with Gasteiger partial charge < -0.3 is 0 Å². The molecule has 0 bridgehead atoms. The minimum atomic E-state index is -3.04. The molecule has 1 aliphatic heterocycles. The van der Waals surface area contributed by atoms with Crippen LogP contribution in [0.1, 0.15) is 53.8 Å². The molecule has 3 nitrogen and oxygen atoms in total. The molecule has 3 rings (SSSR count). The molecule has 118 valence electrons. The van der Waals surface area contributed by atoms with Crippen molar-refractivity contribution < 1.29 is 18.4 Å². The summed E-state index contributed by atoms with van der Waals surface area (Å²) in [5, 5.41) is 0. The second kappa shape index (κ2) is 4.86. The van der Waals surface area contributed by atoms with Gasteiger partial charge in [-0.2, -0.15) is 0 Å². The molecule has 1 aromatic rings. The van der Waals surface area contributed by atoms with Crippen LogP contribution in [0.2, 0.25) is 0 Å². The van der Waals surface area contributed by atoms with E-state index in [1.165, 1.54) is 12.1 Å². The van der Waals surface area contributed by atoms with E-state index < -0.39 is 29.7 Å². The average Bonchev–Trinajstić information content (AvgIpc) is 3.19. The molecule has 0 saturated heterocycles. The molecule has 0 unspecified atom stereocenters. The first-order chi connectivity index (χ1) is 10.3. The molecule has 1 aromatic carbocycles. The first-order valence-electron chi connectivity index (χ1n) is 7.60. The van der Waals surface area contributed by atoms with Gasteiger partial charge in [-0.3, -0.25) is 14.5 Å². The summed E-state index contributed by atoms with van der Waals surface area (Å²) < 4.78 is 29.4. The maximum atomic E-state index is 14.7. The molecule has 2 aliphatic rings. The molecule has 22 heavy (non-hydrogen) atoms. The number of hydrogen-bond donors (Lipinski definition) is 0. The van der Waals surface area contributed by atoms with E-state index in [0.717, 1.165) is 0 Å². The summed E-state index contributed by atoms with van der Waals surface area (Å²) in [5.74, 6) is -4.10. The van der Waals surface area contributed by atoms with Crippen molar-refractivity contribution in [3.63, 3.8) is 0 Å². The van der Waals surface area contributed by atoms with Crippen LogP contribution in [0.15, 0.2) is 24.3 Å². The second-order valence-corrected chi connectivity index (χ2v) is 6.82. The zero-order valence-corrected chi connectivity index (χ0v) is 12.7. The second-order valence-electron chi connectivity index (χ2n) is 6.82. The van der Waals surface area contributed by atoms with Gasteiger partial charge in [-0.1, -0.05) is 26.0 Å². The molecule has 0 aromatic heterocycles. The van der Waals surface area contributed by atoms with E-state index >= 15 is 0 Å². The minimum absolute atomic E-state index is 0.163. The highest BCUT2D eigenvalue weighted by Crippen LogP contribution is 2.60. The van der Waals surface area contributed by atoms with Crippen molar-refractivity contribution in [2.24, 2.45) is 11.3 Å². The number of nitrogens with zero attached hydrogens (tertiary/aromatic N) is 1. The van der Waals surface area contributed by atoms with Crippen molar-refractivity contribution in [1.82, 2.24) is 4.90 Å². The topological polar surface area (TPSA) is 37.4 Å². The van der Waals surface area contributed by atoms with Gasteiger partial charge in [0.1, 0.15) is 0 Å². The predicted octanol–water partition coefficient (Wildman–Crippen LogP) is 3.74. The van der Waals surface area contributed by atoms with Crippen LogP contribution in [-0.2, 0) is 0 Å². The fourth-order valence-corrected chi connectivity index (χ4v) is 3.40. The van der Waals surface area contributed by atoms with Gasteiger partial charge in [-0.05, 0) is 37.3 Å². The summed E-state index contributed by atoms with van der Waals surface area (Å²) in [6, 6.07) is 6.28. The van der Waals surface area contributed by atoms with Gasteiger partial charge in [0, 0.05) is 5.41 Å². The number of fused-ring (bicyclic) bond motifs is 1. The van der Waals surface area contributed by atoms with Gasteiger partial charge in [-0.25, -0.2) is 8.78 Å². The normalized spacial score (nSPS) is 19.8. The number of amides is 2. The SMILES string of the molecule is CC(C)CC1(C(F)(F)CN2C(=O)c3ccccc3C2=O)CC1. The fourth-order valence-electron chi connectivity index (χ4n) is 3.40. The number of halogens is 2. The van der Waals surface area contributed by atoms with E-state index in [1.807, 2.05) is 13.8 Å². The highest BCUT2D eigenvalue weighted by atomic mass is 19.3. The quantitative estimate of drug-likeness (QED) is 0.777. The third-order valence-electron chi connectivity index (χ3n) is 4.66. The molecule has 0 atom stereocenters. The molecule has 0 radical (unpaired) electrons. The molecule has 1 aliphatic carbocycles. The summed E-state index contributed by atoms with van der Waals surface area (Å²) in [7, 11) is 0. The lowest BCUT2D eigenvalue weighted by atomic mass is 9.87. The van der Waals surface area contributed by atoms with Crippen molar-refractivity contribution in [3.8, 4) is 0 Å². The van der Waals surface area contributed by atoms with E-state index in [1.54, 1.807) is 12.1 Å². The molecule has 0 N–H and O–H groups in total. The lowest BCUT2D eigenvalue weighted by Crippen LogP contribution is -2.46. The lowest BCUT2D eigenvalue weighted by Gasteiger charge is -2.31. The van der Waals surface area contributed by atoms with Gasteiger partial charge in [0.15, 0.2) is 0 Å². The monoisotopic (exact) mass is 307 g/mol. The number of hydrogen-bond acceptors (Lipinski definition) is 2. The molecule has 0 spiro atoms. The Balaban J connectivity index is 1.82. The van der Waals surface area contributed by atoms with Crippen molar-refractivity contribution in [2.75, 3.05) is 6.54 Å². The van der Waals surface area contributed by atoms with Crippen LogP contribution in [0, 0.1) is 11.3 Å². The Morgan fingerprint density at radius 1 is 1.14 bits per heavy atom. The predicted molar refractivity (Wildman–Crippen MR) is 77.9 cm³/mol. The standard InChI is InChI=1S/C17H19F2NO2/c1-11(2)9-16(7-8-16)17(18,19)10-20-14(21)12-5-3-4-6-13(12)15(20)22/h3-6,11H,7-10H2,1-2H3. The average molecular weight is 307 g/mol. The number of rotatable bonds is 5. The van der Waals surface area contributed by atoms with Crippen molar-refractivity contribution in [3.05, 3.63) is 35.4 Å². The highest BCUT2D eigenvalue weighted by Gasteiger charge is 2.63. The van der Waals surface area contributed by atoms with E-state index in [9.17, 15) is 18.4 Å². The van der Waals surface area contributed by atoms with Gasteiger partial charge in [0.25, 0.3) is 17.7 Å². The lowest BCUT2D eigenvalue weighted by molar-refractivity contribution is -0.0912. The zero-order valence-electron chi connectivity index (χ0n) is 12.7. The first-order valence-corrected chi connectivity index (χ1v) is 7.60. The molecular formula is C17H19F2NO2. The molecule has 5 heteroatoms. The zero-order chi connectivity index (χ0) is 16.1. The van der Waals surface area contributed by atoms with Crippen molar-refractivity contribution >= 4 is 11.8 Å². The molecule has 1 saturated carbocycles. The van der Waals surface area contributed by atoms with Crippen LogP contribution >= 0.6 is 0 Å². The van der Waals surface area contributed by atoms with E-state index in [4.69, 9.17) is 0 Å². The van der Waals surface area contributed by atoms with Crippen LogP contribution in [0.4, 0.5) is 8.78 Å². The minimum Gasteiger partial charge on any atom is -0.269 e.